The smallest absolute Gasteiger partial charge is 0.137 e. The zero-order valence-electron chi connectivity index (χ0n) is 38.8. The van der Waals surface area contributed by atoms with Crippen molar-refractivity contribution >= 4 is 71.3 Å². The van der Waals surface area contributed by atoms with Gasteiger partial charge in [0.15, 0.2) is 0 Å². The van der Waals surface area contributed by atoms with Gasteiger partial charge in [-0.25, -0.2) is 4.98 Å². The summed E-state index contributed by atoms with van der Waals surface area (Å²) in [5.74, 6) is 0.913. The highest BCUT2D eigenvalue weighted by molar-refractivity contribution is 6.29. The minimum atomic E-state index is -0.292. The van der Waals surface area contributed by atoms with Gasteiger partial charge in [0, 0.05) is 38.6 Å². The van der Waals surface area contributed by atoms with Crippen molar-refractivity contribution in [2.24, 2.45) is 0 Å². The van der Waals surface area contributed by atoms with Crippen LogP contribution in [0.5, 0.6) is 0 Å². The lowest BCUT2D eigenvalue weighted by Gasteiger charge is -2.42. The van der Waals surface area contributed by atoms with E-state index in [0.717, 1.165) is 24.3 Å². The maximum absolute atomic E-state index is 4.91. The molecule has 0 fully saturated rings. The van der Waals surface area contributed by atoms with Gasteiger partial charge in [0.1, 0.15) is 5.82 Å². The van der Waals surface area contributed by atoms with Crippen LogP contribution in [-0.2, 0) is 10.8 Å². The number of aromatic nitrogens is 2. The van der Waals surface area contributed by atoms with Crippen molar-refractivity contribution in [1.29, 1.82) is 0 Å². The first kappa shape index (κ1) is 39.2. The number of anilines is 3. The lowest BCUT2D eigenvalue weighted by atomic mass is 9.72. The molecule has 0 spiro atoms. The predicted octanol–water partition coefficient (Wildman–Crippen LogP) is 17.6. The number of hydrogen-bond donors (Lipinski definition) is 0. The molecule has 2 aliphatic rings. The summed E-state index contributed by atoms with van der Waals surface area (Å²) in [5.41, 5.74) is 18.8. The van der Waals surface area contributed by atoms with Crippen molar-refractivity contribution < 1.29 is 0 Å². The Hall–Kier alpha value is -8.01. The lowest BCUT2D eigenvalue weighted by molar-refractivity contribution is 0.491. The maximum atomic E-state index is 4.91. The molecular weight excluding hydrogens is 823 g/mol. The Kier molecular flexibility index (Phi) is 8.21. The highest BCUT2D eigenvalue weighted by Gasteiger charge is 2.42. The summed E-state index contributed by atoms with van der Waals surface area (Å²) in [5, 5.41) is 10.5. The molecule has 1 aliphatic carbocycles. The molecule has 3 heteroatoms. The van der Waals surface area contributed by atoms with Crippen LogP contribution in [0.15, 0.2) is 200 Å². The van der Waals surface area contributed by atoms with Crippen LogP contribution in [0, 0.1) is 0 Å². The topological polar surface area (TPSA) is 21.1 Å². The number of fused-ring (bicyclic) bond motifs is 9. The van der Waals surface area contributed by atoms with E-state index in [1.807, 2.05) is 12.3 Å². The summed E-state index contributed by atoms with van der Waals surface area (Å²) in [6, 6.07) is 73.0. The van der Waals surface area contributed by atoms with Gasteiger partial charge in [-0.05, 0) is 157 Å². The summed E-state index contributed by atoms with van der Waals surface area (Å²) in [6.45, 7) is 9.52. The van der Waals surface area contributed by atoms with Crippen molar-refractivity contribution in [3.8, 4) is 39.1 Å². The number of benzene rings is 10. The Balaban J connectivity index is 0.983. The van der Waals surface area contributed by atoms with Crippen molar-refractivity contribution in [2.75, 3.05) is 4.90 Å². The van der Waals surface area contributed by atoms with Crippen LogP contribution in [0.3, 0.4) is 0 Å². The maximum Gasteiger partial charge on any atom is 0.137 e. The second-order valence-electron chi connectivity index (χ2n) is 19.7. The van der Waals surface area contributed by atoms with Gasteiger partial charge in [-0.2, -0.15) is 0 Å². The number of pyridine rings is 1. The molecule has 0 atom stereocenters. The Morgan fingerprint density at radius 3 is 1.88 bits per heavy atom. The fourth-order valence-electron chi connectivity index (χ4n) is 12.9. The summed E-state index contributed by atoms with van der Waals surface area (Å²) < 4.78 is 2.56. The Morgan fingerprint density at radius 2 is 1.10 bits per heavy atom. The third-order valence-corrected chi connectivity index (χ3v) is 16.2. The monoisotopic (exact) mass is 871 g/mol. The van der Waals surface area contributed by atoms with Gasteiger partial charge in [0.25, 0.3) is 0 Å². The third kappa shape index (κ3) is 5.22. The summed E-state index contributed by atoms with van der Waals surface area (Å²) in [7, 11) is 0. The molecule has 3 heterocycles. The zero-order chi connectivity index (χ0) is 45.5. The van der Waals surface area contributed by atoms with Gasteiger partial charge < -0.3 is 4.57 Å². The van der Waals surface area contributed by atoms with E-state index in [9.17, 15) is 0 Å². The van der Waals surface area contributed by atoms with Crippen LogP contribution >= 0.6 is 0 Å². The largest absolute Gasteiger partial charge is 0.309 e. The van der Waals surface area contributed by atoms with Crippen LogP contribution in [-0.4, -0.2) is 9.55 Å². The van der Waals surface area contributed by atoms with Crippen LogP contribution < -0.4 is 4.90 Å². The average Bonchev–Trinajstić information content (AvgIpc) is 3.88. The minimum absolute atomic E-state index is 0.0479. The van der Waals surface area contributed by atoms with Crippen molar-refractivity contribution in [1.82, 2.24) is 9.55 Å². The molecular formula is C65H49N3. The molecule has 68 heavy (non-hydrogen) atoms. The van der Waals surface area contributed by atoms with Crippen molar-refractivity contribution in [2.45, 2.75) is 51.4 Å². The molecule has 14 rings (SSSR count). The second kappa shape index (κ2) is 14.2. The molecule has 0 N–H and O–H groups in total. The molecule has 324 valence electrons. The fourth-order valence-corrected chi connectivity index (χ4v) is 12.9. The highest BCUT2D eigenvalue weighted by atomic mass is 15.2. The van der Waals surface area contributed by atoms with E-state index in [4.69, 9.17) is 4.98 Å². The number of rotatable bonds is 6. The van der Waals surface area contributed by atoms with Crippen LogP contribution in [0.2, 0.25) is 0 Å². The van der Waals surface area contributed by atoms with Crippen LogP contribution in [0.1, 0.15) is 62.8 Å². The highest BCUT2D eigenvalue weighted by Crippen LogP contribution is 2.58. The molecule has 0 bridgehead atoms. The minimum Gasteiger partial charge on any atom is -0.309 e. The van der Waals surface area contributed by atoms with Gasteiger partial charge in [0.2, 0.25) is 0 Å². The molecule has 2 aromatic heterocycles. The summed E-state index contributed by atoms with van der Waals surface area (Å²) >= 11 is 0. The molecule has 10 aromatic carbocycles. The average molecular weight is 872 g/mol. The molecule has 3 nitrogen and oxygen atoms in total. The first-order valence-electron chi connectivity index (χ1n) is 24.3. The quantitative estimate of drug-likeness (QED) is 0.155. The fraction of sp³-hybridized carbons (Fsp3) is 0.123. The van der Waals surface area contributed by atoms with E-state index in [0.29, 0.717) is 0 Å². The van der Waals surface area contributed by atoms with Gasteiger partial charge in [0.05, 0.1) is 28.1 Å². The van der Waals surface area contributed by atoms with Gasteiger partial charge in [-0.3, -0.25) is 4.90 Å². The standard InChI is InChI=1S/C65H49N3/c1-5-65(6-2)51-23-12-10-22-47(51)62-48-30-26-41-19-16-20-45-38-59(50(39-54(62)65)63(48)61(41)45)67-55-24-13-11-21-46(55)49-35-42(27-31-56(49)67)44-29-33-58-53(37-44)64(3,4)52-36-43(40-17-8-7-9-18-40)28-32-57(52)68(58)60-25-14-15-34-66-60/h7-39H,5-6H2,1-4H3. The number of para-hydroxylation sites is 1. The van der Waals surface area contributed by atoms with E-state index in [1.165, 1.54) is 121 Å². The lowest BCUT2D eigenvalue weighted by Crippen LogP contribution is -2.31. The van der Waals surface area contributed by atoms with E-state index < -0.39 is 0 Å². The van der Waals surface area contributed by atoms with E-state index in [1.54, 1.807) is 0 Å². The second-order valence-corrected chi connectivity index (χ2v) is 19.7. The molecule has 0 saturated heterocycles. The third-order valence-electron chi connectivity index (χ3n) is 16.2. The van der Waals surface area contributed by atoms with Crippen LogP contribution in [0.25, 0.3) is 93.2 Å². The summed E-state index contributed by atoms with van der Waals surface area (Å²) in [6.07, 6.45) is 4.00. The molecule has 0 amide bonds. The molecule has 12 aromatic rings. The predicted molar refractivity (Wildman–Crippen MR) is 287 cm³/mol. The Bertz CT molecular complexity index is 4020. The number of hydrogen-bond acceptors (Lipinski definition) is 2. The molecule has 0 unspecified atom stereocenters. The molecule has 0 radical (unpaired) electrons. The number of nitrogens with zero attached hydrogens (tertiary/aromatic N) is 3. The molecule has 0 saturated carbocycles. The van der Waals surface area contributed by atoms with Crippen LogP contribution in [0.4, 0.5) is 17.2 Å². The first-order chi connectivity index (χ1) is 33.4. The first-order valence-corrected chi connectivity index (χ1v) is 24.3. The Morgan fingerprint density at radius 1 is 0.426 bits per heavy atom. The van der Waals surface area contributed by atoms with Gasteiger partial charge >= 0.3 is 0 Å². The van der Waals surface area contributed by atoms with E-state index in [-0.39, 0.29) is 10.8 Å². The van der Waals surface area contributed by atoms with E-state index in [2.05, 4.69) is 225 Å². The van der Waals surface area contributed by atoms with Crippen molar-refractivity contribution in [3.63, 3.8) is 0 Å². The van der Waals surface area contributed by atoms with Gasteiger partial charge in [-0.1, -0.05) is 155 Å². The SMILES string of the molecule is CCC1(CC)c2ccccc2-c2c1cc1c(-n3c4ccccc4c4cc(-c5ccc6c(c5)C(C)(C)c5cc(-c7ccccc7)ccc5N6c5ccccn5)ccc43)cc3cccc4ccc2c1c43. The zero-order valence-corrected chi connectivity index (χ0v) is 38.8. The normalized spacial score (nSPS) is 14.5. The molecule has 1 aliphatic heterocycles. The van der Waals surface area contributed by atoms with Gasteiger partial charge in [-0.15, -0.1) is 0 Å². The Labute approximate surface area is 396 Å². The summed E-state index contributed by atoms with van der Waals surface area (Å²) in [4.78, 5) is 7.26. The van der Waals surface area contributed by atoms with Crippen molar-refractivity contribution in [3.05, 3.63) is 223 Å². The van der Waals surface area contributed by atoms with E-state index >= 15 is 0 Å².